The van der Waals surface area contributed by atoms with Crippen molar-refractivity contribution in [3.8, 4) is 0 Å². The Bertz CT molecular complexity index is 418. The minimum absolute atomic E-state index is 0.648. The molecule has 0 unspecified atom stereocenters. The largest absolute Gasteiger partial charge is 0.0993 e. The average molecular weight is 465 g/mol. The molecule has 1 fully saturated rings. The van der Waals surface area contributed by atoms with E-state index < -0.39 is 0 Å². The van der Waals surface area contributed by atoms with Gasteiger partial charge in [-0.2, -0.15) is 0 Å². The van der Waals surface area contributed by atoms with Crippen molar-refractivity contribution in [3.05, 3.63) is 24.3 Å². The lowest BCUT2D eigenvalue weighted by molar-refractivity contribution is 0.0135. The minimum atomic E-state index is 0.648. The van der Waals surface area contributed by atoms with Crippen molar-refractivity contribution in [2.75, 3.05) is 0 Å². The first-order valence-corrected chi connectivity index (χ1v) is 14.2. The molecule has 0 heterocycles. The van der Waals surface area contributed by atoms with Crippen LogP contribution >= 0.6 is 0 Å². The Morgan fingerprint density at radius 1 is 0.515 bits per heavy atom. The Kier molecular flexibility index (Phi) is 21.1. The van der Waals surface area contributed by atoms with Crippen molar-refractivity contribution in [1.82, 2.24) is 0 Å². The van der Waals surface area contributed by atoms with Crippen LogP contribution in [0.2, 0.25) is 0 Å². The maximum atomic E-state index is 3.95. The average Bonchev–Trinajstić information content (AvgIpc) is 2.58. The van der Waals surface area contributed by atoms with E-state index in [0.29, 0.717) is 23.7 Å². The molecule has 0 heteroatoms. The van der Waals surface area contributed by atoms with Gasteiger partial charge < -0.3 is 0 Å². The summed E-state index contributed by atoms with van der Waals surface area (Å²) >= 11 is 0. The number of hydrogen-bond donors (Lipinski definition) is 0. The van der Waals surface area contributed by atoms with Crippen LogP contribution in [0, 0.1) is 52.8 Å². The van der Waals surface area contributed by atoms with Gasteiger partial charge in [-0.05, 0) is 72.0 Å². The van der Waals surface area contributed by atoms with E-state index in [1.165, 1.54) is 36.8 Å². The van der Waals surface area contributed by atoms with E-state index in [1.54, 1.807) is 0 Å². The Morgan fingerprint density at radius 3 is 0.758 bits per heavy atom. The van der Waals surface area contributed by atoms with Crippen LogP contribution in [0.1, 0.15) is 136 Å². The van der Waals surface area contributed by atoms with Crippen LogP contribution in [0.4, 0.5) is 0 Å². The quantitative estimate of drug-likeness (QED) is 0.313. The number of allylic oxidation sites excluding steroid dienone is 2. The van der Waals surface area contributed by atoms with Gasteiger partial charge in [0.25, 0.3) is 0 Å². The monoisotopic (exact) mass is 465 g/mol. The van der Waals surface area contributed by atoms with E-state index in [-0.39, 0.29) is 0 Å². The Hall–Kier alpha value is -0.520. The molecule has 0 saturated heterocycles. The summed E-state index contributed by atoms with van der Waals surface area (Å²) in [7, 11) is 0. The first-order chi connectivity index (χ1) is 14.8. The number of rotatable bonds is 8. The predicted molar refractivity (Wildman–Crippen MR) is 158 cm³/mol. The highest BCUT2D eigenvalue weighted by Gasteiger charge is 2.41. The molecule has 0 N–H and O–H groups in total. The molecule has 1 aliphatic rings. The molecule has 0 aromatic rings. The van der Waals surface area contributed by atoms with Crippen molar-refractivity contribution >= 4 is 0 Å². The lowest BCUT2D eigenvalue weighted by Gasteiger charge is -2.49. The molecule has 0 aromatic heterocycles. The summed E-state index contributed by atoms with van der Waals surface area (Å²) in [5.41, 5.74) is 3.43. The van der Waals surface area contributed by atoms with Crippen LogP contribution in [0.5, 0.6) is 0 Å². The second kappa shape index (κ2) is 18.8. The fourth-order valence-corrected chi connectivity index (χ4v) is 4.68. The van der Waals surface area contributed by atoms with Gasteiger partial charge in [-0.25, -0.2) is 0 Å². The van der Waals surface area contributed by atoms with E-state index in [4.69, 9.17) is 0 Å². The summed E-state index contributed by atoms with van der Waals surface area (Å²) < 4.78 is 0. The molecular formula is C33H68. The van der Waals surface area contributed by atoms with E-state index in [2.05, 4.69) is 124 Å². The topological polar surface area (TPSA) is 0 Å². The molecule has 0 nitrogen and oxygen atoms in total. The third-order valence-corrected chi connectivity index (χ3v) is 7.49. The van der Waals surface area contributed by atoms with Crippen molar-refractivity contribution in [2.45, 2.75) is 136 Å². The second-order valence-electron chi connectivity index (χ2n) is 13.2. The van der Waals surface area contributed by atoms with Gasteiger partial charge in [0.2, 0.25) is 0 Å². The SMILES string of the molecule is C=C(C(C)C)C(C)C.C=C(C(C)C)C(C)C.CC(C)C1(C(C)C)CCC1.CC(C)CC(C)C. The van der Waals surface area contributed by atoms with Crippen molar-refractivity contribution in [2.24, 2.45) is 52.8 Å². The van der Waals surface area contributed by atoms with E-state index in [1.807, 2.05) is 0 Å². The summed E-state index contributed by atoms with van der Waals surface area (Å²) in [6.07, 6.45) is 5.78. The molecule has 0 radical (unpaired) electrons. The highest BCUT2D eigenvalue weighted by molar-refractivity contribution is 5.00. The molecule has 1 rings (SSSR count). The highest BCUT2D eigenvalue weighted by Crippen LogP contribution is 2.52. The van der Waals surface area contributed by atoms with Gasteiger partial charge in [-0.1, -0.05) is 142 Å². The molecule has 0 amide bonds. The fourth-order valence-electron chi connectivity index (χ4n) is 4.68. The first-order valence-electron chi connectivity index (χ1n) is 14.2. The van der Waals surface area contributed by atoms with Gasteiger partial charge in [-0.3, -0.25) is 0 Å². The molecule has 200 valence electrons. The zero-order valence-corrected chi connectivity index (χ0v) is 26.4. The summed E-state index contributed by atoms with van der Waals surface area (Å²) in [6, 6.07) is 0. The van der Waals surface area contributed by atoms with Crippen LogP contribution < -0.4 is 0 Å². The van der Waals surface area contributed by atoms with Crippen LogP contribution in [-0.4, -0.2) is 0 Å². The Morgan fingerprint density at radius 2 is 0.758 bits per heavy atom. The highest BCUT2D eigenvalue weighted by atomic mass is 14.5. The lowest BCUT2D eigenvalue weighted by atomic mass is 9.56. The fraction of sp³-hybridized carbons (Fsp3) is 0.879. The van der Waals surface area contributed by atoms with E-state index in [9.17, 15) is 0 Å². The van der Waals surface area contributed by atoms with Crippen LogP contribution in [-0.2, 0) is 0 Å². The van der Waals surface area contributed by atoms with Gasteiger partial charge in [0.15, 0.2) is 0 Å². The minimum Gasteiger partial charge on any atom is -0.0993 e. The summed E-state index contributed by atoms with van der Waals surface area (Å²) in [5, 5.41) is 0. The van der Waals surface area contributed by atoms with Crippen LogP contribution in [0.25, 0.3) is 0 Å². The summed E-state index contributed by atoms with van der Waals surface area (Å²) in [4.78, 5) is 0. The normalized spacial score (nSPS) is 14.7. The van der Waals surface area contributed by atoms with Gasteiger partial charge >= 0.3 is 0 Å². The predicted octanol–water partition coefficient (Wildman–Crippen LogP) is 11.9. The smallest absolute Gasteiger partial charge is 0.0251 e. The standard InChI is InChI=1S/C10H20.2C8H16.C7H16/c1-8(2)10(9(3)4)6-5-7-10;2*1-6(2)8(5)7(3)4;1-6(2)5-7(3)4/h8-9H,5-7H2,1-4H3;2*6-7H,5H2,1-4H3;6-7H,5H2,1-4H3. The third kappa shape index (κ3) is 17.6. The van der Waals surface area contributed by atoms with Gasteiger partial charge in [0.05, 0.1) is 0 Å². The third-order valence-electron chi connectivity index (χ3n) is 7.49. The molecule has 0 spiro atoms. The molecule has 0 aliphatic heterocycles. The van der Waals surface area contributed by atoms with E-state index in [0.717, 1.165) is 29.1 Å². The molecule has 0 bridgehead atoms. The zero-order valence-electron chi connectivity index (χ0n) is 26.4. The maximum Gasteiger partial charge on any atom is -0.0251 e. The first kappa shape index (κ1) is 37.0. The van der Waals surface area contributed by atoms with Crippen molar-refractivity contribution < 1.29 is 0 Å². The van der Waals surface area contributed by atoms with Crippen molar-refractivity contribution in [3.63, 3.8) is 0 Å². The molecule has 0 aromatic carbocycles. The second-order valence-corrected chi connectivity index (χ2v) is 13.2. The van der Waals surface area contributed by atoms with Crippen LogP contribution in [0.15, 0.2) is 24.3 Å². The lowest BCUT2D eigenvalue weighted by Crippen LogP contribution is -2.39. The summed E-state index contributed by atoms with van der Waals surface area (Å²) in [6.45, 7) is 43.9. The zero-order chi connectivity index (χ0) is 27.1. The maximum absolute atomic E-state index is 3.95. The Labute approximate surface area is 213 Å². The Balaban J connectivity index is -0.000000368. The van der Waals surface area contributed by atoms with Gasteiger partial charge in [0, 0.05) is 0 Å². The van der Waals surface area contributed by atoms with E-state index >= 15 is 0 Å². The molecule has 0 atom stereocenters. The molecule has 1 aliphatic carbocycles. The van der Waals surface area contributed by atoms with Crippen molar-refractivity contribution in [1.29, 1.82) is 0 Å². The molecule has 1 saturated carbocycles. The van der Waals surface area contributed by atoms with Crippen LogP contribution in [0.3, 0.4) is 0 Å². The van der Waals surface area contributed by atoms with Gasteiger partial charge in [-0.15, -0.1) is 0 Å². The molecular weight excluding hydrogens is 396 g/mol. The molecule has 33 heavy (non-hydrogen) atoms. The van der Waals surface area contributed by atoms with Gasteiger partial charge in [0.1, 0.15) is 0 Å². The summed E-state index contributed by atoms with van der Waals surface area (Å²) in [5.74, 6) is 6.12. The number of hydrogen-bond acceptors (Lipinski definition) is 0.